The molecule has 0 aromatic heterocycles. The smallest absolute Gasteiger partial charge is 0.224 e. The molecule has 1 saturated carbocycles. The fraction of sp³-hybridized carbons (Fsp3) is 0.533. The highest BCUT2D eigenvalue weighted by Gasteiger charge is 2.16. The molecule has 0 spiro atoms. The lowest BCUT2D eigenvalue weighted by atomic mass is 10.0. The maximum Gasteiger partial charge on any atom is 0.224 e. The first-order chi connectivity index (χ1) is 9.06. The largest absolute Gasteiger partial charge is 0.398 e. The molecule has 0 radical (unpaired) electrons. The number of halogens is 1. The van der Waals surface area contributed by atoms with E-state index in [4.69, 9.17) is 17.3 Å². The molecule has 1 aromatic carbocycles. The summed E-state index contributed by atoms with van der Waals surface area (Å²) in [7, 11) is 0. The first kappa shape index (κ1) is 14.2. The average Bonchev–Trinajstić information content (AvgIpc) is 2.86. The zero-order valence-corrected chi connectivity index (χ0v) is 12.1. The van der Waals surface area contributed by atoms with Crippen LogP contribution in [0.1, 0.15) is 44.1 Å². The molecule has 3 nitrogen and oxygen atoms in total. The van der Waals surface area contributed by atoms with Crippen LogP contribution < -0.4 is 11.1 Å². The number of nitrogens with two attached hydrogens (primary N) is 1. The second-order valence-corrected chi connectivity index (χ2v) is 5.83. The highest BCUT2D eigenvalue weighted by atomic mass is 35.5. The predicted molar refractivity (Wildman–Crippen MR) is 80.4 cm³/mol. The zero-order valence-electron chi connectivity index (χ0n) is 11.3. The minimum Gasteiger partial charge on any atom is -0.398 e. The van der Waals surface area contributed by atoms with Crippen molar-refractivity contribution in [3.63, 3.8) is 0 Å². The molecular formula is C15H21ClN2O. The van der Waals surface area contributed by atoms with E-state index in [1.165, 1.54) is 25.7 Å². The van der Waals surface area contributed by atoms with Gasteiger partial charge in [-0.25, -0.2) is 0 Å². The number of amides is 1. The van der Waals surface area contributed by atoms with E-state index in [1.54, 1.807) is 12.1 Å². The van der Waals surface area contributed by atoms with Crippen molar-refractivity contribution in [2.75, 3.05) is 11.1 Å². The molecule has 1 aliphatic rings. The second kappa shape index (κ2) is 6.29. The van der Waals surface area contributed by atoms with Crippen molar-refractivity contribution in [2.45, 2.75) is 45.4 Å². The van der Waals surface area contributed by atoms with Gasteiger partial charge in [-0.15, -0.1) is 0 Å². The van der Waals surface area contributed by atoms with Gasteiger partial charge < -0.3 is 11.1 Å². The molecule has 0 unspecified atom stereocenters. The van der Waals surface area contributed by atoms with Crippen molar-refractivity contribution in [3.05, 3.63) is 22.7 Å². The van der Waals surface area contributed by atoms with E-state index in [1.807, 2.05) is 6.92 Å². The van der Waals surface area contributed by atoms with Gasteiger partial charge in [0.25, 0.3) is 0 Å². The Labute approximate surface area is 119 Å². The van der Waals surface area contributed by atoms with E-state index in [2.05, 4.69) is 5.32 Å². The lowest BCUT2D eigenvalue weighted by Crippen LogP contribution is -2.13. The summed E-state index contributed by atoms with van der Waals surface area (Å²) in [5.41, 5.74) is 7.96. The molecule has 4 heteroatoms. The second-order valence-electron chi connectivity index (χ2n) is 5.43. The first-order valence-corrected chi connectivity index (χ1v) is 7.29. The van der Waals surface area contributed by atoms with E-state index >= 15 is 0 Å². The molecule has 1 aliphatic carbocycles. The van der Waals surface area contributed by atoms with Gasteiger partial charge in [0, 0.05) is 12.1 Å². The van der Waals surface area contributed by atoms with Crippen LogP contribution in [-0.4, -0.2) is 5.91 Å². The third kappa shape index (κ3) is 3.87. The Hall–Kier alpha value is -1.22. The zero-order chi connectivity index (χ0) is 13.8. The topological polar surface area (TPSA) is 55.1 Å². The highest BCUT2D eigenvalue weighted by molar-refractivity contribution is 6.33. The van der Waals surface area contributed by atoms with Gasteiger partial charge in [-0.1, -0.05) is 37.3 Å². The molecule has 3 N–H and O–H groups in total. The van der Waals surface area contributed by atoms with Gasteiger partial charge >= 0.3 is 0 Å². The van der Waals surface area contributed by atoms with Gasteiger partial charge in [-0.2, -0.15) is 0 Å². The van der Waals surface area contributed by atoms with Crippen molar-refractivity contribution in [1.29, 1.82) is 0 Å². The van der Waals surface area contributed by atoms with Crippen LogP contribution in [0.25, 0.3) is 0 Å². The number of hydrogen-bond acceptors (Lipinski definition) is 2. The normalized spacial score (nSPS) is 15.7. The summed E-state index contributed by atoms with van der Waals surface area (Å²) < 4.78 is 0. The Morgan fingerprint density at radius 3 is 2.79 bits per heavy atom. The minimum atomic E-state index is 0.0656. The third-order valence-electron chi connectivity index (χ3n) is 3.87. The lowest BCUT2D eigenvalue weighted by Gasteiger charge is -2.12. The number of rotatable bonds is 4. The quantitative estimate of drug-likeness (QED) is 0.815. The van der Waals surface area contributed by atoms with Gasteiger partial charge in [0.1, 0.15) is 0 Å². The maximum atomic E-state index is 11.9. The van der Waals surface area contributed by atoms with E-state index in [9.17, 15) is 4.79 Å². The van der Waals surface area contributed by atoms with Crippen molar-refractivity contribution in [1.82, 2.24) is 0 Å². The number of anilines is 2. The lowest BCUT2D eigenvalue weighted by molar-refractivity contribution is -0.116. The van der Waals surface area contributed by atoms with Crippen LogP contribution in [0.2, 0.25) is 5.02 Å². The molecule has 1 fully saturated rings. The number of nitrogen functional groups attached to an aromatic ring is 1. The molecule has 1 aromatic rings. The van der Waals surface area contributed by atoms with Crippen molar-refractivity contribution >= 4 is 28.9 Å². The fourth-order valence-corrected chi connectivity index (χ4v) is 2.85. The van der Waals surface area contributed by atoms with Crippen LogP contribution >= 0.6 is 11.6 Å². The van der Waals surface area contributed by atoms with Crippen LogP contribution in [0.4, 0.5) is 11.4 Å². The van der Waals surface area contributed by atoms with Crippen LogP contribution in [0.3, 0.4) is 0 Å². The van der Waals surface area contributed by atoms with Crippen molar-refractivity contribution in [2.24, 2.45) is 5.92 Å². The molecule has 2 rings (SSSR count). The molecular weight excluding hydrogens is 260 g/mol. The summed E-state index contributed by atoms with van der Waals surface area (Å²) in [5.74, 6) is 0.803. The maximum absolute atomic E-state index is 11.9. The van der Waals surface area contributed by atoms with E-state index in [0.29, 0.717) is 17.1 Å². The SMILES string of the molecule is Cc1cc(N)c(Cl)cc1NC(=O)CCC1CCCC1. The number of carbonyl (C=O) groups excluding carboxylic acids is 1. The molecule has 0 atom stereocenters. The molecule has 104 valence electrons. The van der Waals surface area contributed by atoms with Crippen LogP contribution in [-0.2, 0) is 4.79 Å². The van der Waals surface area contributed by atoms with Crippen LogP contribution in [0.15, 0.2) is 12.1 Å². The predicted octanol–water partition coefficient (Wildman–Crippen LogP) is 4.14. The standard InChI is InChI=1S/C15H21ClN2O/c1-10-8-13(17)12(16)9-14(10)18-15(19)7-6-11-4-2-3-5-11/h8-9,11H,2-7,17H2,1H3,(H,18,19). The molecule has 0 heterocycles. The van der Waals surface area contributed by atoms with Gasteiger partial charge in [0.2, 0.25) is 5.91 Å². The number of aryl methyl sites for hydroxylation is 1. The van der Waals surface area contributed by atoms with Gasteiger partial charge in [-0.05, 0) is 37.0 Å². The average molecular weight is 281 g/mol. The molecule has 1 amide bonds. The first-order valence-electron chi connectivity index (χ1n) is 6.91. The highest BCUT2D eigenvalue weighted by Crippen LogP contribution is 2.29. The summed E-state index contributed by atoms with van der Waals surface area (Å²) in [6.45, 7) is 1.92. The van der Waals surface area contributed by atoms with Crippen molar-refractivity contribution < 1.29 is 4.79 Å². The number of nitrogens with one attached hydrogen (secondary N) is 1. The van der Waals surface area contributed by atoms with Crippen molar-refractivity contribution in [3.8, 4) is 0 Å². The summed E-state index contributed by atoms with van der Waals surface area (Å²) in [6, 6.07) is 3.51. The monoisotopic (exact) mass is 280 g/mol. The Morgan fingerprint density at radius 2 is 2.11 bits per heavy atom. The van der Waals surface area contributed by atoms with E-state index < -0.39 is 0 Å². The Morgan fingerprint density at radius 1 is 1.42 bits per heavy atom. The third-order valence-corrected chi connectivity index (χ3v) is 4.20. The number of benzene rings is 1. The molecule has 0 aliphatic heterocycles. The Balaban J connectivity index is 1.89. The Bertz CT molecular complexity index is 467. The van der Waals surface area contributed by atoms with Crippen LogP contribution in [0.5, 0.6) is 0 Å². The summed E-state index contributed by atoms with van der Waals surface area (Å²) in [4.78, 5) is 11.9. The van der Waals surface area contributed by atoms with Crippen LogP contribution in [0, 0.1) is 12.8 Å². The molecule has 0 saturated heterocycles. The summed E-state index contributed by atoms with van der Waals surface area (Å²) in [5, 5.41) is 3.41. The van der Waals surface area contributed by atoms with Gasteiger partial charge in [0.05, 0.1) is 10.7 Å². The van der Waals surface area contributed by atoms with E-state index in [-0.39, 0.29) is 5.91 Å². The summed E-state index contributed by atoms with van der Waals surface area (Å²) in [6.07, 6.45) is 6.78. The minimum absolute atomic E-state index is 0.0656. The summed E-state index contributed by atoms with van der Waals surface area (Å²) >= 11 is 5.97. The Kier molecular flexibility index (Phi) is 4.70. The molecule has 19 heavy (non-hydrogen) atoms. The number of carbonyl (C=O) groups is 1. The van der Waals surface area contributed by atoms with Gasteiger partial charge in [0.15, 0.2) is 0 Å². The molecule has 0 bridgehead atoms. The van der Waals surface area contributed by atoms with E-state index in [0.717, 1.165) is 23.6 Å². The fourth-order valence-electron chi connectivity index (χ4n) is 2.69. The van der Waals surface area contributed by atoms with Gasteiger partial charge in [-0.3, -0.25) is 4.79 Å². The number of hydrogen-bond donors (Lipinski definition) is 2.